The first-order chi connectivity index (χ1) is 9.43. The fourth-order valence-corrected chi connectivity index (χ4v) is 2.43. The fourth-order valence-electron chi connectivity index (χ4n) is 1.63. The van der Waals surface area contributed by atoms with Gasteiger partial charge in [0.25, 0.3) is 0 Å². The van der Waals surface area contributed by atoms with E-state index in [9.17, 15) is 4.79 Å². The largest absolute Gasteiger partial charge is 0.464 e. The van der Waals surface area contributed by atoms with E-state index in [1.54, 1.807) is 18.2 Å². The molecule has 0 aliphatic rings. The highest BCUT2D eigenvalue weighted by atomic mass is 35.5. The Labute approximate surface area is 135 Å². The zero-order valence-electron chi connectivity index (χ0n) is 10.1. The molecule has 7 heteroatoms. The molecule has 20 heavy (non-hydrogen) atoms. The molecule has 0 radical (unpaired) electrons. The summed E-state index contributed by atoms with van der Waals surface area (Å²) in [6, 6.07) is 6.22. The van der Waals surface area contributed by atoms with Gasteiger partial charge >= 0.3 is 5.97 Å². The first-order valence-corrected chi connectivity index (χ1v) is 6.85. The Morgan fingerprint density at radius 1 is 1.00 bits per heavy atom. The van der Waals surface area contributed by atoms with Crippen molar-refractivity contribution in [3.05, 3.63) is 50.2 Å². The minimum Gasteiger partial charge on any atom is -0.464 e. The van der Waals surface area contributed by atoms with Crippen LogP contribution in [0.1, 0.15) is 10.5 Å². The van der Waals surface area contributed by atoms with E-state index in [-0.39, 0.29) is 10.8 Å². The quantitative estimate of drug-likeness (QED) is 0.427. The average molecular weight is 351 g/mol. The Hall–Kier alpha value is -1.000. The Morgan fingerprint density at radius 3 is 2.30 bits per heavy atom. The van der Waals surface area contributed by atoms with E-state index in [1.165, 1.54) is 13.2 Å². The van der Waals surface area contributed by atoms with Crippen LogP contribution >= 0.6 is 46.4 Å². The number of ether oxygens (including phenoxy) is 1. The van der Waals surface area contributed by atoms with Gasteiger partial charge in [-0.3, -0.25) is 0 Å². The number of esters is 1. The first-order valence-electron chi connectivity index (χ1n) is 5.34. The van der Waals surface area contributed by atoms with Gasteiger partial charge in [-0.25, -0.2) is 9.78 Å². The molecular weight excluding hydrogens is 344 g/mol. The molecular formula is C13H7Cl4NO2. The maximum Gasteiger partial charge on any atom is 0.357 e. The van der Waals surface area contributed by atoms with Crippen LogP contribution in [0.2, 0.25) is 20.2 Å². The summed E-state index contributed by atoms with van der Waals surface area (Å²) in [7, 11) is 1.26. The lowest BCUT2D eigenvalue weighted by molar-refractivity contribution is 0.0595. The van der Waals surface area contributed by atoms with E-state index in [0.29, 0.717) is 26.2 Å². The summed E-state index contributed by atoms with van der Waals surface area (Å²) >= 11 is 23.8. The lowest BCUT2D eigenvalue weighted by Crippen LogP contribution is -2.07. The number of methoxy groups -OCH3 is 1. The molecule has 104 valence electrons. The van der Waals surface area contributed by atoms with Crippen molar-refractivity contribution in [3.8, 4) is 11.1 Å². The van der Waals surface area contributed by atoms with Crippen LogP contribution in [0.3, 0.4) is 0 Å². The second-order valence-electron chi connectivity index (χ2n) is 3.77. The van der Waals surface area contributed by atoms with Gasteiger partial charge in [0.15, 0.2) is 5.69 Å². The summed E-state index contributed by atoms with van der Waals surface area (Å²) in [5.74, 6) is -0.621. The van der Waals surface area contributed by atoms with Crippen LogP contribution in [-0.4, -0.2) is 18.1 Å². The minimum atomic E-state index is -0.621. The second-order valence-corrected chi connectivity index (χ2v) is 5.38. The zero-order chi connectivity index (χ0) is 14.9. The molecule has 1 aromatic heterocycles. The van der Waals surface area contributed by atoms with E-state index < -0.39 is 5.97 Å². The van der Waals surface area contributed by atoms with Crippen LogP contribution in [0.4, 0.5) is 0 Å². The topological polar surface area (TPSA) is 39.2 Å². The van der Waals surface area contributed by atoms with Crippen molar-refractivity contribution in [1.82, 2.24) is 4.98 Å². The molecule has 3 nitrogen and oxygen atoms in total. The van der Waals surface area contributed by atoms with Gasteiger partial charge in [-0.15, -0.1) is 0 Å². The first kappa shape index (κ1) is 15.4. The third kappa shape index (κ3) is 3.01. The normalized spacial score (nSPS) is 10.4. The summed E-state index contributed by atoms with van der Waals surface area (Å²) in [6.07, 6.45) is 0. The number of hydrogen-bond donors (Lipinski definition) is 0. The highest BCUT2D eigenvalue weighted by molar-refractivity contribution is 6.44. The molecule has 0 aliphatic carbocycles. The number of hydrogen-bond acceptors (Lipinski definition) is 3. The van der Waals surface area contributed by atoms with Crippen molar-refractivity contribution >= 4 is 52.4 Å². The molecule has 0 fully saturated rings. The van der Waals surface area contributed by atoms with Crippen LogP contribution in [0.5, 0.6) is 0 Å². The van der Waals surface area contributed by atoms with E-state index >= 15 is 0 Å². The third-order valence-corrected chi connectivity index (χ3v) is 3.79. The zero-order valence-corrected chi connectivity index (χ0v) is 13.1. The molecule has 0 aliphatic heterocycles. The number of benzene rings is 1. The van der Waals surface area contributed by atoms with Crippen molar-refractivity contribution in [2.45, 2.75) is 0 Å². The smallest absolute Gasteiger partial charge is 0.357 e. The standard InChI is InChI=1S/C13H7Cl4NO2/c1-20-13(19)12-6(2-3-11(17)18-12)7-4-9(15)10(16)5-8(7)14/h2-5H,1H3. The number of halogens is 4. The number of nitrogens with zero attached hydrogens (tertiary/aromatic N) is 1. The Bertz CT molecular complexity index is 688. The lowest BCUT2D eigenvalue weighted by atomic mass is 10.0. The molecule has 0 atom stereocenters. The van der Waals surface area contributed by atoms with Gasteiger partial charge in [-0.1, -0.05) is 46.4 Å². The van der Waals surface area contributed by atoms with Crippen LogP contribution in [-0.2, 0) is 4.74 Å². The van der Waals surface area contributed by atoms with Crippen molar-refractivity contribution in [2.75, 3.05) is 7.11 Å². The Balaban J connectivity index is 2.69. The van der Waals surface area contributed by atoms with Gasteiger partial charge in [0.2, 0.25) is 0 Å². The number of carbonyl (C=O) groups is 1. The summed E-state index contributed by atoms with van der Waals surface area (Å²) in [5.41, 5.74) is 1.04. The minimum absolute atomic E-state index is 0.0558. The van der Waals surface area contributed by atoms with Crippen molar-refractivity contribution in [1.29, 1.82) is 0 Å². The second kappa shape index (κ2) is 6.19. The summed E-state index contributed by atoms with van der Waals surface area (Å²) in [5, 5.41) is 1.15. The van der Waals surface area contributed by atoms with Gasteiger partial charge in [0, 0.05) is 11.1 Å². The van der Waals surface area contributed by atoms with Gasteiger partial charge < -0.3 is 4.74 Å². The average Bonchev–Trinajstić information content (AvgIpc) is 2.42. The number of carbonyl (C=O) groups excluding carboxylic acids is 1. The number of aromatic nitrogens is 1. The van der Waals surface area contributed by atoms with Gasteiger partial charge in [-0.2, -0.15) is 0 Å². The molecule has 1 heterocycles. The molecule has 2 aromatic rings. The van der Waals surface area contributed by atoms with Gasteiger partial charge in [-0.05, 0) is 24.3 Å². The van der Waals surface area contributed by atoms with Crippen molar-refractivity contribution < 1.29 is 9.53 Å². The number of pyridine rings is 1. The molecule has 0 saturated heterocycles. The van der Waals surface area contributed by atoms with Crippen LogP contribution < -0.4 is 0 Å². The van der Waals surface area contributed by atoms with Crippen molar-refractivity contribution in [3.63, 3.8) is 0 Å². The summed E-state index contributed by atoms with van der Waals surface area (Å²) < 4.78 is 4.69. The van der Waals surface area contributed by atoms with Crippen LogP contribution in [0.15, 0.2) is 24.3 Å². The van der Waals surface area contributed by atoms with E-state index in [1.807, 2.05) is 0 Å². The monoisotopic (exact) mass is 349 g/mol. The third-order valence-electron chi connectivity index (χ3n) is 2.54. The molecule has 0 amide bonds. The molecule has 2 rings (SSSR count). The van der Waals surface area contributed by atoms with Gasteiger partial charge in [0.05, 0.1) is 22.2 Å². The maximum absolute atomic E-state index is 11.8. The van der Waals surface area contributed by atoms with Crippen molar-refractivity contribution in [2.24, 2.45) is 0 Å². The SMILES string of the molecule is COC(=O)c1nc(Cl)ccc1-c1cc(Cl)c(Cl)cc1Cl. The molecule has 0 unspecified atom stereocenters. The molecule has 1 aromatic carbocycles. The maximum atomic E-state index is 11.8. The predicted octanol–water partition coefficient (Wildman–Crippen LogP) is 5.15. The van der Waals surface area contributed by atoms with E-state index in [4.69, 9.17) is 46.4 Å². The Kier molecular flexibility index (Phi) is 4.76. The van der Waals surface area contributed by atoms with E-state index in [2.05, 4.69) is 9.72 Å². The van der Waals surface area contributed by atoms with Gasteiger partial charge in [0.1, 0.15) is 5.15 Å². The lowest BCUT2D eigenvalue weighted by Gasteiger charge is -2.10. The fraction of sp³-hybridized carbons (Fsp3) is 0.0769. The van der Waals surface area contributed by atoms with E-state index in [0.717, 1.165) is 0 Å². The molecule has 0 spiro atoms. The molecule has 0 bridgehead atoms. The summed E-state index contributed by atoms with van der Waals surface area (Å²) in [6.45, 7) is 0. The van der Waals surface area contributed by atoms with Crippen LogP contribution in [0.25, 0.3) is 11.1 Å². The highest BCUT2D eigenvalue weighted by Gasteiger charge is 2.19. The molecule has 0 N–H and O–H groups in total. The summed E-state index contributed by atoms with van der Waals surface area (Å²) in [4.78, 5) is 15.7. The molecule has 0 saturated carbocycles. The highest BCUT2D eigenvalue weighted by Crippen LogP contribution is 2.36. The Morgan fingerprint density at radius 2 is 1.65 bits per heavy atom. The number of rotatable bonds is 2. The predicted molar refractivity (Wildman–Crippen MR) is 81.1 cm³/mol. The van der Waals surface area contributed by atoms with Crippen LogP contribution in [0, 0.1) is 0 Å².